The van der Waals surface area contributed by atoms with Gasteiger partial charge in [0.2, 0.25) is 5.95 Å². The zero-order chi connectivity index (χ0) is 12.7. The zero-order valence-corrected chi connectivity index (χ0v) is 11.0. The van der Waals surface area contributed by atoms with Gasteiger partial charge in [-0.15, -0.1) is 0 Å². The maximum Gasteiger partial charge on any atom is 0.223 e. The van der Waals surface area contributed by atoms with Gasteiger partial charge < -0.3 is 5.32 Å². The second-order valence-corrected chi connectivity index (χ2v) is 5.97. The molecule has 2 aliphatic carbocycles. The maximum absolute atomic E-state index is 4.58. The van der Waals surface area contributed by atoms with Gasteiger partial charge in [0.05, 0.1) is 5.52 Å². The summed E-state index contributed by atoms with van der Waals surface area (Å²) in [4.78, 5) is 9.00. The molecule has 4 rings (SSSR count). The predicted molar refractivity (Wildman–Crippen MR) is 77.0 cm³/mol. The van der Waals surface area contributed by atoms with Crippen LogP contribution in [-0.2, 0) is 0 Å². The molecular formula is C16H19N3. The van der Waals surface area contributed by atoms with E-state index in [0.29, 0.717) is 0 Å². The van der Waals surface area contributed by atoms with Crippen molar-refractivity contribution in [1.82, 2.24) is 9.97 Å². The Hall–Kier alpha value is -1.64. The topological polar surface area (TPSA) is 37.8 Å². The highest BCUT2D eigenvalue weighted by atomic mass is 15.1. The molecule has 19 heavy (non-hydrogen) atoms. The van der Waals surface area contributed by atoms with Gasteiger partial charge in [-0.05, 0) is 49.5 Å². The summed E-state index contributed by atoms with van der Waals surface area (Å²) in [5.74, 6) is 3.58. The van der Waals surface area contributed by atoms with Crippen molar-refractivity contribution in [2.45, 2.75) is 25.7 Å². The van der Waals surface area contributed by atoms with E-state index in [1.54, 1.807) is 0 Å². The van der Waals surface area contributed by atoms with Crippen molar-refractivity contribution in [2.75, 3.05) is 11.9 Å². The van der Waals surface area contributed by atoms with Gasteiger partial charge in [0.15, 0.2) is 0 Å². The number of benzene rings is 1. The molecule has 0 bridgehead atoms. The summed E-state index contributed by atoms with van der Waals surface area (Å²) in [6.45, 7) is 1.05. The number of anilines is 1. The lowest BCUT2D eigenvalue weighted by atomic mass is 9.98. The van der Waals surface area contributed by atoms with Crippen LogP contribution in [0.1, 0.15) is 25.7 Å². The van der Waals surface area contributed by atoms with E-state index in [2.05, 4.69) is 21.4 Å². The Balaban J connectivity index is 1.48. The molecule has 2 fully saturated rings. The van der Waals surface area contributed by atoms with E-state index in [0.717, 1.165) is 41.1 Å². The summed E-state index contributed by atoms with van der Waals surface area (Å²) in [6.07, 6.45) is 7.64. The Morgan fingerprint density at radius 3 is 2.58 bits per heavy atom. The van der Waals surface area contributed by atoms with Gasteiger partial charge in [-0.1, -0.05) is 18.2 Å². The SMILES string of the molecule is c1ccc2nc(NCC(C3CC3)C3CC3)ncc2c1. The number of para-hydroxylation sites is 1. The van der Waals surface area contributed by atoms with E-state index in [9.17, 15) is 0 Å². The van der Waals surface area contributed by atoms with Crippen molar-refractivity contribution >= 4 is 16.9 Å². The van der Waals surface area contributed by atoms with Crippen LogP contribution < -0.4 is 5.32 Å². The monoisotopic (exact) mass is 253 g/mol. The van der Waals surface area contributed by atoms with E-state index in [-0.39, 0.29) is 0 Å². The van der Waals surface area contributed by atoms with E-state index in [4.69, 9.17) is 0 Å². The van der Waals surface area contributed by atoms with E-state index in [1.807, 2.05) is 24.4 Å². The van der Waals surface area contributed by atoms with Crippen LogP contribution in [0.25, 0.3) is 10.9 Å². The minimum absolute atomic E-state index is 0.782. The normalized spacial score (nSPS) is 19.0. The first kappa shape index (κ1) is 11.2. The van der Waals surface area contributed by atoms with E-state index >= 15 is 0 Å². The number of hydrogen-bond donors (Lipinski definition) is 1. The van der Waals surface area contributed by atoms with Crippen molar-refractivity contribution in [1.29, 1.82) is 0 Å². The molecule has 1 aromatic carbocycles. The van der Waals surface area contributed by atoms with Gasteiger partial charge in [-0.3, -0.25) is 0 Å². The molecule has 0 saturated heterocycles. The molecule has 2 aliphatic rings. The van der Waals surface area contributed by atoms with E-state index < -0.39 is 0 Å². The van der Waals surface area contributed by atoms with Crippen LogP contribution in [0.3, 0.4) is 0 Å². The Kier molecular flexibility index (Phi) is 2.64. The highest BCUT2D eigenvalue weighted by Crippen LogP contribution is 2.49. The molecule has 1 N–H and O–H groups in total. The van der Waals surface area contributed by atoms with Crippen LogP contribution in [0.4, 0.5) is 5.95 Å². The second-order valence-electron chi connectivity index (χ2n) is 5.97. The molecule has 0 radical (unpaired) electrons. The first-order valence-corrected chi connectivity index (χ1v) is 7.36. The smallest absolute Gasteiger partial charge is 0.223 e. The Morgan fingerprint density at radius 1 is 1.11 bits per heavy atom. The van der Waals surface area contributed by atoms with Crippen LogP contribution in [0.15, 0.2) is 30.5 Å². The molecule has 0 spiro atoms. The average molecular weight is 253 g/mol. The van der Waals surface area contributed by atoms with Crippen LogP contribution >= 0.6 is 0 Å². The van der Waals surface area contributed by atoms with Crippen LogP contribution in [0, 0.1) is 17.8 Å². The van der Waals surface area contributed by atoms with Gasteiger partial charge >= 0.3 is 0 Å². The van der Waals surface area contributed by atoms with Crippen molar-refractivity contribution in [3.8, 4) is 0 Å². The predicted octanol–water partition coefficient (Wildman–Crippen LogP) is 3.48. The van der Waals surface area contributed by atoms with Gasteiger partial charge in [-0.25, -0.2) is 9.97 Å². The summed E-state index contributed by atoms with van der Waals surface area (Å²) in [7, 11) is 0. The fourth-order valence-electron chi connectivity index (χ4n) is 3.03. The average Bonchev–Trinajstić information content (AvgIpc) is 3.32. The Bertz CT molecular complexity index is 575. The minimum atomic E-state index is 0.782. The van der Waals surface area contributed by atoms with Crippen molar-refractivity contribution < 1.29 is 0 Å². The van der Waals surface area contributed by atoms with Crippen LogP contribution in [0.5, 0.6) is 0 Å². The third kappa shape index (κ3) is 2.42. The highest BCUT2D eigenvalue weighted by Gasteiger charge is 2.41. The molecule has 1 aromatic heterocycles. The molecule has 1 heterocycles. The summed E-state index contributed by atoms with van der Waals surface area (Å²) in [5.41, 5.74) is 1.02. The number of nitrogens with zero attached hydrogens (tertiary/aromatic N) is 2. The molecule has 2 aromatic rings. The van der Waals surface area contributed by atoms with Gasteiger partial charge in [0.1, 0.15) is 0 Å². The lowest BCUT2D eigenvalue weighted by Gasteiger charge is -2.16. The molecule has 98 valence electrons. The van der Waals surface area contributed by atoms with Crippen molar-refractivity contribution in [3.05, 3.63) is 30.5 Å². The summed E-state index contributed by atoms with van der Waals surface area (Å²) in [6, 6.07) is 8.14. The number of hydrogen-bond acceptors (Lipinski definition) is 3. The maximum atomic E-state index is 4.58. The fraction of sp³-hybridized carbons (Fsp3) is 0.500. The zero-order valence-electron chi connectivity index (χ0n) is 11.0. The first-order chi connectivity index (χ1) is 9.40. The lowest BCUT2D eigenvalue weighted by molar-refractivity contribution is 0.427. The van der Waals surface area contributed by atoms with Crippen LogP contribution in [-0.4, -0.2) is 16.5 Å². The van der Waals surface area contributed by atoms with Crippen molar-refractivity contribution in [2.24, 2.45) is 17.8 Å². The van der Waals surface area contributed by atoms with Gasteiger partial charge in [0.25, 0.3) is 0 Å². The minimum Gasteiger partial charge on any atom is -0.354 e. The molecule has 2 saturated carbocycles. The Morgan fingerprint density at radius 2 is 1.84 bits per heavy atom. The second kappa shape index (κ2) is 4.48. The third-order valence-electron chi connectivity index (χ3n) is 4.44. The number of fused-ring (bicyclic) bond motifs is 1. The molecule has 0 aliphatic heterocycles. The van der Waals surface area contributed by atoms with Crippen LogP contribution in [0.2, 0.25) is 0 Å². The van der Waals surface area contributed by atoms with Gasteiger partial charge in [0, 0.05) is 18.1 Å². The van der Waals surface area contributed by atoms with E-state index in [1.165, 1.54) is 25.7 Å². The molecule has 0 atom stereocenters. The lowest BCUT2D eigenvalue weighted by Crippen LogP contribution is -2.19. The highest BCUT2D eigenvalue weighted by molar-refractivity contribution is 5.78. The Labute approximate surface area is 113 Å². The largest absolute Gasteiger partial charge is 0.354 e. The van der Waals surface area contributed by atoms with Crippen molar-refractivity contribution in [3.63, 3.8) is 0 Å². The fourth-order valence-corrected chi connectivity index (χ4v) is 3.03. The number of nitrogens with one attached hydrogen (secondary N) is 1. The molecule has 0 amide bonds. The quantitative estimate of drug-likeness (QED) is 0.886. The molecular weight excluding hydrogens is 234 g/mol. The first-order valence-electron chi connectivity index (χ1n) is 7.36. The third-order valence-corrected chi connectivity index (χ3v) is 4.44. The summed E-state index contributed by atoms with van der Waals surface area (Å²) < 4.78 is 0. The molecule has 0 unspecified atom stereocenters. The molecule has 3 nitrogen and oxygen atoms in total. The number of rotatable bonds is 5. The van der Waals surface area contributed by atoms with Gasteiger partial charge in [-0.2, -0.15) is 0 Å². The standard InChI is InChI=1S/C16H19N3/c1-2-4-15-13(3-1)9-17-16(19-15)18-10-14(11-5-6-11)12-7-8-12/h1-4,9,11-12,14H,5-8,10H2,(H,17,18,19). The summed E-state index contributed by atoms with van der Waals surface area (Å²) >= 11 is 0. The number of aromatic nitrogens is 2. The summed E-state index contributed by atoms with van der Waals surface area (Å²) in [5, 5.41) is 4.56. The molecule has 3 heteroatoms.